The van der Waals surface area contributed by atoms with Gasteiger partial charge >= 0.3 is 0 Å². The average Bonchev–Trinajstić information content (AvgIpc) is 2.41. The van der Waals surface area contributed by atoms with Gasteiger partial charge in [0.15, 0.2) is 0 Å². The van der Waals surface area contributed by atoms with Crippen molar-refractivity contribution in [3.63, 3.8) is 0 Å². The van der Waals surface area contributed by atoms with Crippen LogP contribution in [0.4, 0.5) is 10.1 Å². The smallest absolute Gasteiger partial charge is 0.128 e. The number of hydrogen-bond donors (Lipinski definition) is 1. The third kappa shape index (κ3) is 3.27. The number of rotatable bonds is 4. The van der Waals surface area contributed by atoms with Gasteiger partial charge in [0.25, 0.3) is 0 Å². The first kappa shape index (κ1) is 13.9. The summed E-state index contributed by atoms with van der Waals surface area (Å²) in [5, 5.41) is 4.05. The minimum atomic E-state index is -0.179. The van der Waals surface area contributed by atoms with Gasteiger partial charge in [0, 0.05) is 16.3 Å². The van der Waals surface area contributed by atoms with Gasteiger partial charge in [0.1, 0.15) is 5.82 Å². The van der Waals surface area contributed by atoms with E-state index in [0.29, 0.717) is 10.6 Å². The van der Waals surface area contributed by atoms with E-state index in [9.17, 15) is 4.39 Å². The van der Waals surface area contributed by atoms with E-state index in [1.54, 1.807) is 6.07 Å². The third-order valence-corrected chi connectivity index (χ3v) is 3.45. The highest BCUT2D eigenvalue weighted by molar-refractivity contribution is 6.30. The summed E-state index contributed by atoms with van der Waals surface area (Å²) in [6, 6.07) is 12.5. The maximum atomic E-state index is 13.8. The molecule has 2 aromatic carbocycles. The van der Waals surface area contributed by atoms with Crippen molar-refractivity contribution in [3.05, 3.63) is 64.4 Å². The highest BCUT2D eigenvalue weighted by Crippen LogP contribution is 2.28. The normalized spacial score (nSPS) is 12.2. The number of anilines is 1. The molecule has 1 N–H and O–H groups in total. The van der Waals surface area contributed by atoms with Gasteiger partial charge in [-0.3, -0.25) is 0 Å². The summed E-state index contributed by atoms with van der Waals surface area (Å²) in [6.45, 7) is 4.04. The molecule has 0 amide bonds. The van der Waals surface area contributed by atoms with Crippen LogP contribution in [0.1, 0.15) is 30.5 Å². The fraction of sp³-hybridized carbons (Fsp3) is 0.250. The van der Waals surface area contributed by atoms with Crippen molar-refractivity contribution < 1.29 is 4.39 Å². The van der Waals surface area contributed by atoms with Crippen molar-refractivity contribution in [2.24, 2.45) is 0 Å². The van der Waals surface area contributed by atoms with Gasteiger partial charge < -0.3 is 5.32 Å². The molecule has 0 saturated heterocycles. The van der Waals surface area contributed by atoms with Crippen molar-refractivity contribution in [1.82, 2.24) is 0 Å². The van der Waals surface area contributed by atoms with E-state index in [1.807, 2.05) is 44.2 Å². The lowest BCUT2D eigenvalue weighted by molar-refractivity contribution is 0.587. The molecule has 19 heavy (non-hydrogen) atoms. The topological polar surface area (TPSA) is 12.0 Å². The van der Waals surface area contributed by atoms with Crippen LogP contribution in [0.3, 0.4) is 0 Å². The predicted octanol–water partition coefficient (Wildman–Crippen LogP) is 5.35. The molecule has 3 heteroatoms. The lowest BCUT2D eigenvalue weighted by atomic mass is 10.0. The number of nitrogens with one attached hydrogen (secondary N) is 1. The summed E-state index contributed by atoms with van der Waals surface area (Å²) in [6.07, 6.45) is 0.798. The number of halogens is 2. The lowest BCUT2D eigenvalue weighted by Crippen LogP contribution is -2.12. The second-order valence-electron chi connectivity index (χ2n) is 4.59. The van der Waals surface area contributed by atoms with E-state index >= 15 is 0 Å². The van der Waals surface area contributed by atoms with Crippen LogP contribution in [0.5, 0.6) is 0 Å². The monoisotopic (exact) mass is 277 g/mol. The second kappa shape index (κ2) is 6.07. The molecule has 0 heterocycles. The molecule has 0 fully saturated rings. The van der Waals surface area contributed by atoms with Crippen LogP contribution in [-0.4, -0.2) is 0 Å². The van der Waals surface area contributed by atoms with Crippen LogP contribution in [0.15, 0.2) is 42.5 Å². The van der Waals surface area contributed by atoms with Crippen LogP contribution in [0, 0.1) is 12.7 Å². The number of benzene rings is 2. The molecule has 1 unspecified atom stereocenters. The zero-order valence-corrected chi connectivity index (χ0v) is 11.8. The molecule has 0 aromatic heterocycles. The van der Waals surface area contributed by atoms with E-state index < -0.39 is 0 Å². The molecule has 0 aliphatic heterocycles. The van der Waals surface area contributed by atoms with Crippen molar-refractivity contribution in [3.8, 4) is 0 Å². The highest BCUT2D eigenvalue weighted by Gasteiger charge is 2.14. The van der Waals surface area contributed by atoms with Gasteiger partial charge in [-0.15, -0.1) is 0 Å². The molecule has 100 valence electrons. The molecule has 0 aliphatic rings. The second-order valence-corrected chi connectivity index (χ2v) is 5.02. The largest absolute Gasteiger partial charge is 0.378 e. The summed E-state index contributed by atoms with van der Waals surface area (Å²) in [7, 11) is 0. The van der Waals surface area contributed by atoms with Crippen LogP contribution >= 0.6 is 11.6 Å². The molecule has 0 radical (unpaired) electrons. The zero-order valence-electron chi connectivity index (χ0n) is 11.1. The van der Waals surface area contributed by atoms with Crippen LogP contribution < -0.4 is 5.32 Å². The van der Waals surface area contributed by atoms with Gasteiger partial charge in [-0.2, -0.15) is 0 Å². The molecule has 0 aliphatic carbocycles. The molecule has 0 bridgehead atoms. The van der Waals surface area contributed by atoms with Crippen LogP contribution in [0.2, 0.25) is 5.02 Å². The Bertz CT molecular complexity index is 568. The molecule has 2 rings (SSSR count). The molecule has 2 aromatic rings. The van der Waals surface area contributed by atoms with E-state index in [1.165, 1.54) is 6.07 Å². The van der Waals surface area contributed by atoms with Crippen molar-refractivity contribution in [2.75, 3.05) is 5.32 Å². The number of hydrogen-bond acceptors (Lipinski definition) is 1. The standard InChI is InChI=1S/C16H17ClFN/c1-3-15(13-6-4-5-7-14(13)18)19-16-10-12(17)9-8-11(16)2/h4-10,15,19H,3H2,1-2H3. The Balaban J connectivity index is 2.29. The van der Waals surface area contributed by atoms with Gasteiger partial charge in [-0.05, 0) is 37.1 Å². The predicted molar refractivity (Wildman–Crippen MR) is 79.2 cm³/mol. The van der Waals surface area contributed by atoms with Gasteiger partial charge in [-0.1, -0.05) is 42.8 Å². The zero-order chi connectivity index (χ0) is 13.8. The van der Waals surface area contributed by atoms with E-state index in [-0.39, 0.29) is 11.9 Å². The minimum absolute atomic E-state index is 0.0571. The molecule has 0 spiro atoms. The highest BCUT2D eigenvalue weighted by atomic mass is 35.5. The fourth-order valence-electron chi connectivity index (χ4n) is 2.09. The van der Waals surface area contributed by atoms with Crippen LogP contribution in [0.25, 0.3) is 0 Å². The Morgan fingerprint density at radius 2 is 1.95 bits per heavy atom. The maximum absolute atomic E-state index is 13.8. The molecular weight excluding hydrogens is 261 g/mol. The van der Waals surface area contributed by atoms with Crippen molar-refractivity contribution in [2.45, 2.75) is 26.3 Å². The molecule has 0 saturated carbocycles. The maximum Gasteiger partial charge on any atom is 0.128 e. The molecular formula is C16H17ClFN. The first-order valence-corrected chi connectivity index (χ1v) is 6.76. The Kier molecular flexibility index (Phi) is 4.43. The van der Waals surface area contributed by atoms with E-state index in [0.717, 1.165) is 17.7 Å². The summed E-state index contributed by atoms with van der Waals surface area (Å²) in [5.74, 6) is -0.179. The SMILES string of the molecule is CCC(Nc1cc(Cl)ccc1C)c1ccccc1F. The van der Waals surface area contributed by atoms with E-state index in [2.05, 4.69) is 5.32 Å². The average molecular weight is 278 g/mol. The fourth-order valence-corrected chi connectivity index (χ4v) is 2.27. The Morgan fingerprint density at radius 3 is 2.63 bits per heavy atom. The minimum Gasteiger partial charge on any atom is -0.378 e. The van der Waals surface area contributed by atoms with Gasteiger partial charge in [0.2, 0.25) is 0 Å². The first-order chi connectivity index (χ1) is 9.11. The summed E-state index contributed by atoms with van der Waals surface area (Å²) in [5.41, 5.74) is 2.73. The third-order valence-electron chi connectivity index (χ3n) is 3.22. The summed E-state index contributed by atoms with van der Waals surface area (Å²) in [4.78, 5) is 0. The summed E-state index contributed by atoms with van der Waals surface area (Å²) < 4.78 is 13.8. The molecule has 1 nitrogen and oxygen atoms in total. The number of aryl methyl sites for hydroxylation is 1. The molecule has 1 atom stereocenters. The van der Waals surface area contributed by atoms with Crippen molar-refractivity contribution >= 4 is 17.3 Å². The van der Waals surface area contributed by atoms with Crippen LogP contribution in [-0.2, 0) is 0 Å². The summed E-state index contributed by atoms with van der Waals surface area (Å²) >= 11 is 6.01. The van der Waals surface area contributed by atoms with E-state index in [4.69, 9.17) is 11.6 Å². The Hall–Kier alpha value is -1.54. The quantitative estimate of drug-likeness (QED) is 0.794. The lowest BCUT2D eigenvalue weighted by Gasteiger charge is -2.21. The van der Waals surface area contributed by atoms with Crippen molar-refractivity contribution in [1.29, 1.82) is 0 Å². The van der Waals surface area contributed by atoms with Gasteiger partial charge in [0.05, 0.1) is 6.04 Å². The first-order valence-electron chi connectivity index (χ1n) is 6.39. The Morgan fingerprint density at radius 1 is 1.21 bits per heavy atom. The van der Waals surface area contributed by atoms with Gasteiger partial charge in [-0.25, -0.2) is 4.39 Å². The Labute approximate surface area is 118 Å².